The lowest BCUT2D eigenvalue weighted by Crippen LogP contribution is -2.47. The summed E-state index contributed by atoms with van der Waals surface area (Å²) in [6, 6.07) is 12.7. The Labute approximate surface area is 220 Å². The minimum Gasteiger partial charge on any atom is -0.286 e. The van der Waals surface area contributed by atoms with Crippen molar-refractivity contribution in [3.63, 3.8) is 0 Å². The molecule has 190 valence electrons. The average Bonchev–Trinajstić information content (AvgIpc) is 3.25. The molecule has 1 unspecified atom stereocenters. The van der Waals surface area contributed by atoms with Crippen LogP contribution in [0.5, 0.6) is 0 Å². The van der Waals surface area contributed by atoms with Crippen molar-refractivity contribution in [1.82, 2.24) is 10.4 Å². The second kappa shape index (κ2) is 12.4. The highest BCUT2D eigenvalue weighted by molar-refractivity contribution is 7.85. The summed E-state index contributed by atoms with van der Waals surface area (Å²) < 4.78 is 26.9. The van der Waals surface area contributed by atoms with Gasteiger partial charge >= 0.3 is 0 Å². The van der Waals surface area contributed by atoms with E-state index in [0.29, 0.717) is 32.9 Å². The summed E-state index contributed by atoms with van der Waals surface area (Å²) in [6.45, 7) is 3.11. The number of halogens is 3. The molecule has 2 aliphatic rings. The number of benzene rings is 2. The van der Waals surface area contributed by atoms with Crippen LogP contribution < -0.4 is 10.4 Å². The molecule has 0 bridgehead atoms. The molecule has 1 amide bonds. The summed E-state index contributed by atoms with van der Waals surface area (Å²) in [5.41, 5.74) is 5.18. The van der Waals surface area contributed by atoms with E-state index in [1.165, 1.54) is 13.3 Å². The fourth-order valence-electron chi connectivity index (χ4n) is 3.69. The van der Waals surface area contributed by atoms with Gasteiger partial charge in [0, 0.05) is 29.6 Å². The maximum atomic E-state index is 12.9. The molecule has 2 aromatic carbocycles. The van der Waals surface area contributed by atoms with Gasteiger partial charge in [0.15, 0.2) is 0 Å². The lowest BCUT2D eigenvalue weighted by Gasteiger charge is -2.26. The van der Waals surface area contributed by atoms with Gasteiger partial charge in [0.25, 0.3) is 16.0 Å². The number of nitrogens with zero attached hydrogens (tertiary/aromatic N) is 3. The Hall–Kier alpha value is -1.88. The Morgan fingerprint density at radius 1 is 1.06 bits per heavy atom. The molecule has 0 spiro atoms. The van der Waals surface area contributed by atoms with Crippen molar-refractivity contribution in [2.45, 2.75) is 38.6 Å². The standard InChI is InChI=1S/C21H21Cl3N4O.C2H6O3S/c22-15-6-4-14(5-7-15)20-13-18(21(29)26-27-10-2-1-3-11-27)25-28(20)19-9-8-16(23)12-17(19)24;1-2-6(3,4)5/h4-9,12,20H,1-3,10-11,13H2,(H,26,29);2H2,1H3,(H,3,4,5). The zero-order chi connectivity index (χ0) is 25.6. The van der Waals surface area contributed by atoms with Gasteiger partial charge in [-0.2, -0.15) is 13.5 Å². The smallest absolute Gasteiger partial charge is 0.281 e. The first-order valence-electron chi connectivity index (χ1n) is 11.2. The van der Waals surface area contributed by atoms with Gasteiger partial charge in [-0.3, -0.25) is 19.8 Å². The van der Waals surface area contributed by atoms with Gasteiger partial charge in [-0.05, 0) is 55.7 Å². The zero-order valence-corrected chi connectivity index (χ0v) is 22.2. The first-order valence-corrected chi connectivity index (χ1v) is 13.9. The Kier molecular flexibility index (Phi) is 9.80. The molecule has 35 heavy (non-hydrogen) atoms. The van der Waals surface area contributed by atoms with Gasteiger partial charge in [0.1, 0.15) is 5.71 Å². The van der Waals surface area contributed by atoms with Crippen molar-refractivity contribution < 1.29 is 17.8 Å². The minimum absolute atomic E-state index is 0.159. The van der Waals surface area contributed by atoms with Crippen LogP contribution in [0.3, 0.4) is 0 Å². The zero-order valence-electron chi connectivity index (χ0n) is 19.1. The van der Waals surface area contributed by atoms with Crippen LogP contribution in [0.25, 0.3) is 0 Å². The molecule has 1 saturated heterocycles. The summed E-state index contributed by atoms with van der Waals surface area (Å²) in [5.74, 6) is -0.369. The summed E-state index contributed by atoms with van der Waals surface area (Å²) in [4.78, 5) is 12.9. The maximum Gasteiger partial charge on any atom is 0.281 e. The molecule has 12 heteroatoms. The van der Waals surface area contributed by atoms with Crippen LogP contribution in [0.4, 0.5) is 5.69 Å². The van der Waals surface area contributed by atoms with Gasteiger partial charge in [0.05, 0.1) is 22.5 Å². The van der Waals surface area contributed by atoms with E-state index in [4.69, 9.17) is 39.4 Å². The van der Waals surface area contributed by atoms with Crippen molar-refractivity contribution in [2.24, 2.45) is 5.10 Å². The lowest BCUT2D eigenvalue weighted by atomic mass is 10.0. The monoisotopic (exact) mass is 560 g/mol. The van der Waals surface area contributed by atoms with Gasteiger partial charge in [-0.1, -0.05) is 53.4 Å². The van der Waals surface area contributed by atoms with Crippen LogP contribution in [-0.4, -0.2) is 48.4 Å². The van der Waals surface area contributed by atoms with Crippen LogP contribution >= 0.6 is 34.8 Å². The van der Waals surface area contributed by atoms with Crippen molar-refractivity contribution >= 4 is 62.2 Å². The number of amides is 1. The molecule has 0 radical (unpaired) electrons. The highest BCUT2D eigenvalue weighted by Gasteiger charge is 2.34. The van der Waals surface area contributed by atoms with Crippen molar-refractivity contribution in [1.29, 1.82) is 0 Å². The number of rotatable bonds is 5. The molecule has 1 atom stereocenters. The molecule has 2 aliphatic heterocycles. The molecule has 2 N–H and O–H groups in total. The molecular formula is C23H27Cl3N4O4S. The normalized spacial score (nSPS) is 18.5. The third-order valence-corrected chi connectivity index (χ3v) is 7.08. The van der Waals surface area contributed by atoms with E-state index in [1.807, 2.05) is 35.3 Å². The Balaban J connectivity index is 0.000000509. The van der Waals surface area contributed by atoms with E-state index in [-0.39, 0.29) is 17.7 Å². The maximum absolute atomic E-state index is 12.9. The molecule has 0 saturated carbocycles. The van der Waals surface area contributed by atoms with Gasteiger partial charge in [0.2, 0.25) is 0 Å². The molecule has 4 rings (SSSR count). The molecule has 0 aliphatic carbocycles. The number of piperidine rings is 1. The molecule has 2 aromatic rings. The van der Waals surface area contributed by atoms with E-state index in [0.717, 1.165) is 31.5 Å². The summed E-state index contributed by atoms with van der Waals surface area (Å²) in [5, 5.41) is 10.1. The second-order valence-corrected chi connectivity index (χ2v) is 11.1. The van der Waals surface area contributed by atoms with E-state index >= 15 is 0 Å². The number of hydrogen-bond donors (Lipinski definition) is 2. The number of carbonyl (C=O) groups is 1. The fraction of sp³-hybridized carbons (Fsp3) is 0.391. The second-order valence-electron chi connectivity index (χ2n) is 8.12. The predicted molar refractivity (Wildman–Crippen MR) is 141 cm³/mol. The van der Waals surface area contributed by atoms with E-state index in [9.17, 15) is 13.2 Å². The first-order chi connectivity index (χ1) is 16.6. The molecular weight excluding hydrogens is 535 g/mol. The number of anilines is 1. The lowest BCUT2D eigenvalue weighted by molar-refractivity contribution is -0.119. The molecule has 0 aromatic heterocycles. The fourth-order valence-corrected chi connectivity index (χ4v) is 4.32. The summed E-state index contributed by atoms with van der Waals surface area (Å²) in [6.07, 6.45) is 3.86. The summed E-state index contributed by atoms with van der Waals surface area (Å²) in [7, 11) is -3.66. The average molecular weight is 562 g/mol. The van der Waals surface area contributed by atoms with Crippen LogP contribution in [0.2, 0.25) is 15.1 Å². The van der Waals surface area contributed by atoms with Gasteiger partial charge in [-0.15, -0.1) is 0 Å². The van der Waals surface area contributed by atoms with Crippen molar-refractivity contribution in [3.8, 4) is 0 Å². The first kappa shape index (κ1) is 27.7. The van der Waals surface area contributed by atoms with E-state index in [1.54, 1.807) is 17.1 Å². The number of carbonyl (C=O) groups excluding carboxylic acids is 1. The number of hydrazine groups is 1. The van der Waals surface area contributed by atoms with E-state index < -0.39 is 10.1 Å². The quantitative estimate of drug-likeness (QED) is 0.476. The van der Waals surface area contributed by atoms with Crippen LogP contribution in [-0.2, 0) is 14.9 Å². The van der Waals surface area contributed by atoms with Crippen molar-refractivity contribution in [3.05, 3.63) is 63.1 Å². The Bertz CT molecular complexity index is 1170. The van der Waals surface area contributed by atoms with Crippen LogP contribution in [0.1, 0.15) is 44.2 Å². The predicted octanol–water partition coefficient (Wildman–Crippen LogP) is 5.37. The largest absolute Gasteiger partial charge is 0.286 e. The number of hydrogen-bond acceptors (Lipinski definition) is 6. The highest BCUT2D eigenvalue weighted by atomic mass is 35.5. The van der Waals surface area contributed by atoms with Gasteiger partial charge in [-0.25, -0.2) is 5.01 Å². The van der Waals surface area contributed by atoms with Crippen LogP contribution in [0.15, 0.2) is 47.6 Å². The Morgan fingerprint density at radius 3 is 2.23 bits per heavy atom. The molecule has 1 fully saturated rings. The van der Waals surface area contributed by atoms with Crippen molar-refractivity contribution in [2.75, 3.05) is 23.9 Å². The third kappa shape index (κ3) is 8.06. The Morgan fingerprint density at radius 2 is 1.66 bits per heavy atom. The van der Waals surface area contributed by atoms with Crippen LogP contribution in [0, 0.1) is 0 Å². The van der Waals surface area contributed by atoms with Gasteiger partial charge < -0.3 is 0 Å². The summed E-state index contributed by atoms with van der Waals surface area (Å²) >= 11 is 18.6. The number of nitrogens with one attached hydrogen (secondary N) is 1. The topological polar surface area (TPSA) is 102 Å². The SMILES string of the molecule is CCS(=O)(=O)O.O=C(NN1CCCCC1)C1=NN(c2ccc(Cl)cc2Cl)C(c2ccc(Cl)cc2)C1. The molecule has 8 nitrogen and oxygen atoms in total. The number of hydrazone groups is 1. The third-order valence-electron chi connectivity index (χ3n) is 5.56. The minimum atomic E-state index is -3.66. The highest BCUT2D eigenvalue weighted by Crippen LogP contribution is 2.39. The molecule has 2 heterocycles. The van der Waals surface area contributed by atoms with E-state index in [2.05, 4.69) is 10.5 Å².